The molecule has 0 spiro atoms. The maximum absolute atomic E-state index is 11.0. The van der Waals surface area contributed by atoms with Gasteiger partial charge in [-0.05, 0) is 30.2 Å². The molecular formula is C13H12ClNO5. The number of rotatable bonds is 6. The van der Waals surface area contributed by atoms with Crippen LogP contribution in [0.3, 0.4) is 0 Å². The third kappa shape index (κ3) is 4.74. The van der Waals surface area contributed by atoms with Gasteiger partial charge in [-0.1, -0.05) is 17.7 Å². The van der Waals surface area contributed by atoms with Gasteiger partial charge in [0.2, 0.25) is 0 Å². The van der Waals surface area contributed by atoms with Gasteiger partial charge in [-0.15, -0.1) is 0 Å². The summed E-state index contributed by atoms with van der Waals surface area (Å²) in [4.78, 5) is 20.8. The first-order valence-electron chi connectivity index (χ1n) is 5.52. The molecule has 0 atom stereocenters. The highest BCUT2D eigenvalue weighted by Gasteiger charge is 2.15. The topological polar surface area (TPSA) is 89.7 Å². The summed E-state index contributed by atoms with van der Waals surface area (Å²) in [7, 11) is 0. The molecule has 1 N–H and O–H groups in total. The van der Waals surface area contributed by atoms with Crippen LogP contribution in [-0.2, 0) is 4.79 Å². The van der Waals surface area contributed by atoms with Crippen molar-refractivity contribution in [1.29, 1.82) is 0 Å². The number of ether oxygens (including phenoxy) is 1. The normalized spacial score (nSPS) is 11.6. The van der Waals surface area contributed by atoms with Crippen molar-refractivity contribution in [3.63, 3.8) is 0 Å². The Labute approximate surface area is 120 Å². The molecule has 106 valence electrons. The molecule has 0 unspecified atom stereocenters. The Hall–Kier alpha value is -2.34. The molecule has 0 aliphatic rings. The number of nitro benzene ring substituents is 1. The largest absolute Gasteiger partial charge is 0.482 e. The van der Waals surface area contributed by atoms with Gasteiger partial charge in [0.1, 0.15) is 6.61 Å². The summed E-state index contributed by atoms with van der Waals surface area (Å²) in [5, 5.41) is 19.5. The monoisotopic (exact) mass is 297 g/mol. The number of carboxylic acids is 1. The number of benzene rings is 1. The average Bonchev–Trinajstić information content (AvgIpc) is 2.42. The molecule has 0 aliphatic heterocycles. The number of aliphatic carboxylic acids is 1. The molecular weight excluding hydrogens is 286 g/mol. The Bertz CT molecular complexity index is 580. The van der Waals surface area contributed by atoms with Crippen LogP contribution in [0, 0.1) is 10.1 Å². The van der Waals surface area contributed by atoms with Crippen molar-refractivity contribution < 1.29 is 19.6 Å². The van der Waals surface area contributed by atoms with Crippen LogP contribution in [0.25, 0.3) is 6.08 Å². The highest BCUT2D eigenvalue weighted by atomic mass is 35.5. The van der Waals surface area contributed by atoms with Crippen molar-refractivity contribution >= 4 is 29.3 Å². The maximum atomic E-state index is 11.0. The van der Waals surface area contributed by atoms with E-state index in [1.807, 2.05) is 0 Å². The van der Waals surface area contributed by atoms with E-state index in [2.05, 4.69) is 0 Å². The van der Waals surface area contributed by atoms with Gasteiger partial charge in [0.05, 0.1) is 4.92 Å². The molecule has 0 saturated carbocycles. The van der Waals surface area contributed by atoms with E-state index in [1.165, 1.54) is 29.8 Å². The van der Waals surface area contributed by atoms with E-state index in [-0.39, 0.29) is 18.0 Å². The van der Waals surface area contributed by atoms with Crippen LogP contribution in [0.2, 0.25) is 0 Å². The summed E-state index contributed by atoms with van der Waals surface area (Å²) in [6.07, 6.45) is 2.17. The molecule has 1 aromatic rings. The van der Waals surface area contributed by atoms with Crippen LogP contribution in [0.4, 0.5) is 5.69 Å². The van der Waals surface area contributed by atoms with Crippen molar-refractivity contribution in [3.05, 3.63) is 51.1 Å². The van der Waals surface area contributed by atoms with Gasteiger partial charge in [0.15, 0.2) is 5.75 Å². The minimum absolute atomic E-state index is 0.0975. The van der Waals surface area contributed by atoms with Crippen molar-refractivity contribution in [3.8, 4) is 5.75 Å². The van der Waals surface area contributed by atoms with Crippen molar-refractivity contribution in [2.45, 2.75) is 6.92 Å². The lowest BCUT2D eigenvalue weighted by Crippen LogP contribution is -2.01. The van der Waals surface area contributed by atoms with Crippen molar-refractivity contribution in [2.75, 3.05) is 6.61 Å². The van der Waals surface area contributed by atoms with E-state index in [4.69, 9.17) is 21.4 Å². The smallest absolute Gasteiger partial charge is 0.328 e. The van der Waals surface area contributed by atoms with Crippen LogP contribution < -0.4 is 4.74 Å². The van der Waals surface area contributed by atoms with Gasteiger partial charge in [-0.2, -0.15) is 0 Å². The number of hydrogen-bond donors (Lipinski definition) is 1. The third-order valence-electron chi connectivity index (χ3n) is 2.24. The SMILES string of the molecule is C/C(=C/Cl)COc1ccc(/C=C/C(=O)O)cc1[N+](=O)[O-]. The van der Waals surface area contributed by atoms with Gasteiger partial charge in [0, 0.05) is 17.7 Å². The fourth-order valence-electron chi connectivity index (χ4n) is 1.29. The summed E-state index contributed by atoms with van der Waals surface area (Å²) >= 11 is 5.48. The molecule has 0 heterocycles. The molecule has 20 heavy (non-hydrogen) atoms. The van der Waals surface area contributed by atoms with Gasteiger partial charge in [-0.25, -0.2) is 4.79 Å². The standard InChI is InChI=1S/C13H12ClNO5/c1-9(7-14)8-20-12-4-2-10(3-5-13(16)17)6-11(12)15(18)19/h2-7H,8H2,1H3,(H,16,17)/b5-3+,9-7-. The summed E-state index contributed by atoms with van der Waals surface area (Å²) in [5.41, 5.74) is 2.21. The Morgan fingerprint density at radius 3 is 2.80 bits per heavy atom. The van der Waals surface area contributed by atoms with Gasteiger partial charge in [0.25, 0.3) is 0 Å². The molecule has 1 rings (SSSR count). The summed E-state index contributed by atoms with van der Waals surface area (Å²) in [6, 6.07) is 4.19. The quantitative estimate of drug-likeness (QED) is 0.494. The van der Waals surface area contributed by atoms with Gasteiger partial charge >= 0.3 is 11.7 Å². The zero-order valence-corrected chi connectivity index (χ0v) is 11.3. The first kappa shape index (κ1) is 15.7. The van der Waals surface area contributed by atoms with Gasteiger partial charge in [-0.3, -0.25) is 10.1 Å². The lowest BCUT2D eigenvalue weighted by molar-refractivity contribution is -0.385. The van der Waals surface area contributed by atoms with Crippen LogP contribution >= 0.6 is 11.6 Å². The fourth-order valence-corrected chi connectivity index (χ4v) is 1.36. The van der Waals surface area contributed by atoms with E-state index >= 15 is 0 Å². The summed E-state index contributed by atoms with van der Waals surface area (Å²) in [5.74, 6) is -1.03. The number of hydrogen-bond acceptors (Lipinski definition) is 4. The van der Waals surface area contributed by atoms with E-state index in [1.54, 1.807) is 6.92 Å². The molecule has 0 aliphatic carbocycles. The van der Waals surface area contributed by atoms with Crippen LogP contribution in [-0.4, -0.2) is 22.6 Å². The Kier molecular flexibility index (Phi) is 5.74. The van der Waals surface area contributed by atoms with Crippen LogP contribution in [0.1, 0.15) is 12.5 Å². The van der Waals surface area contributed by atoms with Crippen LogP contribution in [0.15, 0.2) is 35.4 Å². The fraction of sp³-hybridized carbons (Fsp3) is 0.154. The minimum atomic E-state index is -1.13. The average molecular weight is 298 g/mol. The Morgan fingerprint density at radius 1 is 1.55 bits per heavy atom. The summed E-state index contributed by atoms with van der Waals surface area (Å²) < 4.78 is 5.30. The molecule has 0 amide bonds. The highest BCUT2D eigenvalue weighted by molar-refractivity contribution is 6.25. The zero-order valence-electron chi connectivity index (χ0n) is 10.6. The zero-order chi connectivity index (χ0) is 15.1. The van der Waals surface area contributed by atoms with E-state index in [0.717, 1.165) is 11.6 Å². The first-order chi connectivity index (χ1) is 9.43. The van der Waals surface area contributed by atoms with Crippen molar-refractivity contribution in [1.82, 2.24) is 0 Å². The highest BCUT2D eigenvalue weighted by Crippen LogP contribution is 2.28. The Morgan fingerprint density at radius 2 is 2.25 bits per heavy atom. The molecule has 0 fully saturated rings. The summed E-state index contributed by atoms with van der Waals surface area (Å²) in [6.45, 7) is 1.86. The second-order valence-corrected chi connectivity index (χ2v) is 4.12. The molecule has 0 radical (unpaired) electrons. The maximum Gasteiger partial charge on any atom is 0.328 e. The predicted octanol–water partition coefficient (Wildman–Crippen LogP) is 3.21. The number of nitrogens with zero attached hydrogens (tertiary/aromatic N) is 1. The minimum Gasteiger partial charge on any atom is -0.482 e. The molecule has 6 nitrogen and oxygen atoms in total. The van der Waals surface area contributed by atoms with Crippen LogP contribution in [0.5, 0.6) is 5.75 Å². The molecule has 0 saturated heterocycles. The first-order valence-corrected chi connectivity index (χ1v) is 5.95. The number of carboxylic acid groups (broad SMARTS) is 1. The number of carbonyl (C=O) groups is 1. The molecule has 0 aromatic heterocycles. The number of halogens is 1. The lowest BCUT2D eigenvalue weighted by Gasteiger charge is -2.07. The van der Waals surface area contributed by atoms with Crippen molar-refractivity contribution in [2.24, 2.45) is 0 Å². The third-order valence-corrected chi connectivity index (χ3v) is 2.61. The second-order valence-electron chi connectivity index (χ2n) is 3.90. The van der Waals surface area contributed by atoms with E-state index in [0.29, 0.717) is 5.56 Å². The molecule has 0 bridgehead atoms. The second kappa shape index (κ2) is 7.30. The van der Waals surface area contributed by atoms with E-state index in [9.17, 15) is 14.9 Å². The Balaban J connectivity index is 3.02. The molecule has 1 aromatic carbocycles. The predicted molar refractivity (Wildman–Crippen MR) is 74.9 cm³/mol. The number of nitro groups is 1. The molecule has 7 heteroatoms. The van der Waals surface area contributed by atoms with E-state index < -0.39 is 10.9 Å². The lowest BCUT2D eigenvalue weighted by atomic mass is 10.1. The van der Waals surface area contributed by atoms with Gasteiger partial charge < -0.3 is 9.84 Å².